The Bertz CT molecular complexity index is 897. The third-order valence-corrected chi connectivity index (χ3v) is 6.28. The number of piperidine rings is 1. The number of alkyl halides is 3. The first kappa shape index (κ1) is 19.9. The average molecular weight is 403 g/mol. The van der Waals surface area contributed by atoms with Gasteiger partial charge in [-0.15, -0.1) is 0 Å². The normalized spacial score (nSPS) is 25.4. The standard InChI is InChI=1S/C22H24F3N3O/c1-2-28-19(7-9-21(28)10-12-27-20(29)14-21)18-13-16(8-11-26-18)15-3-5-17(6-4-15)22(23,24)25/h3-6,8,11,13,19H,2,7,9-10,12,14H2,1H3,(H,27,29)/t19-,21-/m0/s1. The van der Waals surface area contributed by atoms with Crippen molar-refractivity contribution in [1.29, 1.82) is 0 Å². The summed E-state index contributed by atoms with van der Waals surface area (Å²) in [5.41, 5.74) is 1.72. The first-order valence-electron chi connectivity index (χ1n) is 9.99. The predicted octanol–water partition coefficient (Wildman–Crippen LogP) is 4.57. The van der Waals surface area contributed by atoms with Crippen LogP contribution in [0.5, 0.6) is 0 Å². The molecule has 4 nitrogen and oxygen atoms in total. The van der Waals surface area contributed by atoms with Crippen LogP contribution in [0.1, 0.15) is 49.9 Å². The van der Waals surface area contributed by atoms with Crippen LogP contribution in [0, 0.1) is 0 Å². The molecule has 1 amide bonds. The molecule has 4 rings (SSSR count). The van der Waals surface area contributed by atoms with Crippen LogP contribution in [0.4, 0.5) is 13.2 Å². The zero-order chi connectivity index (χ0) is 20.6. The molecule has 2 aromatic rings. The summed E-state index contributed by atoms with van der Waals surface area (Å²) in [6.07, 6.45) is 0.691. The molecule has 2 fully saturated rings. The van der Waals surface area contributed by atoms with E-state index in [-0.39, 0.29) is 17.5 Å². The minimum absolute atomic E-state index is 0.0989. The fourth-order valence-electron chi connectivity index (χ4n) is 4.90. The Morgan fingerprint density at radius 1 is 1.17 bits per heavy atom. The van der Waals surface area contributed by atoms with E-state index in [1.807, 2.05) is 12.1 Å². The van der Waals surface area contributed by atoms with Crippen molar-refractivity contribution < 1.29 is 18.0 Å². The Morgan fingerprint density at radius 2 is 1.93 bits per heavy atom. The summed E-state index contributed by atoms with van der Waals surface area (Å²) < 4.78 is 38.5. The molecule has 1 spiro atoms. The van der Waals surface area contributed by atoms with Crippen LogP contribution in [-0.2, 0) is 11.0 Å². The molecule has 2 aliphatic heterocycles. The average Bonchev–Trinajstić information content (AvgIpc) is 3.04. The highest BCUT2D eigenvalue weighted by molar-refractivity contribution is 5.78. The number of rotatable bonds is 3. The summed E-state index contributed by atoms with van der Waals surface area (Å²) in [6.45, 7) is 3.62. The second-order valence-electron chi connectivity index (χ2n) is 7.89. The Kier molecular flexibility index (Phi) is 5.11. The molecule has 1 aromatic carbocycles. The van der Waals surface area contributed by atoms with Gasteiger partial charge in [0.15, 0.2) is 0 Å². The van der Waals surface area contributed by atoms with E-state index >= 15 is 0 Å². The highest BCUT2D eigenvalue weighted by Crippen LogP contribution is 2.46. The Balaban J connectivity index is 1.61. The number of halogens is 3. The lowest BCUT2D eigenvalue weighted by molar-refractivity contribution is -0.137. The number of nitrogens with zero attached hydrogens (tertiary/aromatic N) is 2. The molecule has 29 heavy (non-hydrogen) atoms. The van der Waals surface area contributed by atoms with Crippen molar-refractivity contribution in [1.82, 2.24) is 15.2 Å². The molecular formula is C22H24F3N3O. The number of carbonyl (C=O) groups is 1. The molecule has 2 saturated heterocycles. The zero-order valence-corrected chi connectivity index (χ0v) is 16.3. The van der Waals surface area contributed by atoms with Crippen molar-refractivity contribution in [2.45, 2.75) is 50.4 Å². The highest BCUT2D eigenvalue weighted by Gasteiger charge is 2.48. The van der Waals surface area contributed by atoms with Crippen LogP contribution in [-0.4, -0.2) is 34.4 Å². The number of likely N-dealkylation sites (tertiary alicyclic amines) is 1. The number of hydrogen-bond donors (Lipinski definition) is 1. The minimum Gasteiger partial charge on any atom is -0.356 e. The van der Waals surface area contributed by atoms with Crippen LogP contribution in [0.15, 0.2) is 42.6 Å². The fraction of sp³-hybridized carbons (Fsp3) is 0.455. The van der Waals surface area contributed by atoms with Gasteiger partial charge in [0, 0.05) is 24.7 Å². The molecule has 0 aliphatic carbocycles. The summed E-state index contributed by atoms with van der Waals surface area (Å²) in [5.74, 6) is 0.0989. The summed E-state index contributed by atoms with van der Waals surface area (Å²) in [4.78, 5) is 19.0. The van der Waals surface area contributed by atoms with E-state index in [1.54, 1.807) is 6.20 Å². The van der Waals surface area contributed by atoms with Crippen molar-refractivity contribution >= 4 is 5.91 Å². The Labute approximate surface area is 168 Å². The van der Waals surface area contributed by atoms with Crippen LogP contribution in [0.2, 0.25) is 0 Å². The van der Waals surface area contributed by atoms with E-state index < -0.39 is 11.7 Å². The zero-order valence-electron chi connectivity index (χ0n) is 16.3. The molecule has 3 heterocycles. The minimum atomic E-state index is -4.34. The van der Waals surface area contributed by atoms with Gasteiger partial charge in [-0.05, 0) is 61.2 Å². The number of carbonyl (C=O) groups excluding carboxylic acids is 1. The SMILES string of the molecule is CCN1[C@H](c2cc(-c3ccc(C(F)(F)F)cc3)ccn2)CC[C@@]12CCNC(=O)C2. The molecule has 0 unspecified atom stereocenters. The van der Waals surface area contributed by atoms with Gasteiger partial charge in [-0.1, -0.05) is 19.1 Å². The fourth-order valence-corrected chi connectivity index (χ4v) is 4.90. The van der Waals surface area contributed by atoms with Crippen LogP contribution in [0.25, 0.3) is 11.1 Å². The van der Waals surface area contributed by atoms with Crippen molar-refractivity contribution in [2.24, 2.45) is 0 Å². The molecule has 2 aliphatic rings. The smallest absolute Gasteiger partial charge is 0.356 e. The number of benzene rings is 1. The lowest BCUT2D eigenvalue weighted by Gasteiger charge is -2.42. The lowest BCUT2D eigenvalue weighted by atomic mass is 9.85. The molecule has 7 heteroatoms. The second kappa shape index (κ2) is 7.44. The summed E-state index contributed by atoms with van der Waals surface area (Å²) in [5, 5.41) is 2.92. The maximum atomic E-state index is 12.8. The van der Waals surface area contributed by atoms with Gasteiger partial charge in [-0.2, -0.15) is 13.2 Å². The van der Waals surface area contributed by atoms with Crippen LogP contribution >= 0.6 is 0 Å². The van der Waals surface area contributed by atoms with Gasteiger partial charge in [0.1, 0.15) is 0 Å². The lowest BCUT2D eigenvalue weighted by Crippen LogP contribution is -2.53. The van der Waals surface area contributed by atoms with E-state index in [1.165, 1.54) is 12.1 Å². The van der Waals surface area contributed by atoms with Gasteiger partial charge < -0.3 is 5.32 Å². The summed E-state index contributed by atoms with van der Waals surface area (Å²) in [7, 11) is 0. The largest absolute Gasteiger partial charge is 0.416 e. The molecule has 0 bridgehead atoms. The third kappa shape index (κ3) is 3.75. The van der Waals surface area contributed by atoms with Gasteiger partial charge in [0.05, 0.1) is 17.3 Å². The van der Waals surface area contributed by atoms with Crippen molar-refractivity contribution in [3.8, 4) is 11.1 Å². The second-order valence-corrected chi connectivity index (χ2v) is 7.89. The van der Waals surface area contributed by atoms with Gasteiger partial charge in [-0.3, -0.25) is 14.7 Å². The van der Waals surface area contributed by atoms with Gasteiger partial charge >= 0.3 is 6.18 Å². The number of hydrogen-bond acceptors (Lipinski definition) is 3. The number of pyridine rings is 1. The maximum absolute atomic E-state index is 12.8. The predicted molar refractivity (Wildman–Crippen MR) is 104 cm³/mol. The highest BCUT2D eigenvalue weighted by atomic mass is 19.4. The van der Waals surface area contributed by atoms with Crippen molar-refractivity contribution in [3.05, 3.63) is 53.9 Å². The van der Waals surface area contributed by atoms with Gasteiger partial charge in [0.25, 0.3) is 0 Å². The van der Waals surface area contributed by atoms with Gasteiger partial charge in [-0.25, -0.2) is 0 Å². The number of amides is 1. The van der Waals surface area contributed by atoms with Gasteiger partial charge in [0.2, 0.25) is 5.91 Å². The van der Waals surface area contributed by atoms with Crippen molar-refractivity contribution in [3.63, 3.8) is 0 Å². The monoisotopic (exact) mass is 403 g/mol. The topological polar surface area (TPSA) is 45.2 Å². The van der Waals surface area contributed by atoms with E-state index in [0.717, 1.165) is 54.8 Å². The molecule has 0 saturated carbocycles. The van der Waals surface area contributed by atoms with E-state index in [4.69, 9.17) is 0 Å². The Hall–Kier alpha value is -2.41. The number of aromatic nitrogens is 1. The molecule has 0 radical (unpaired) electrons. The van der Waals surface area contributed by atoms with Crippen molar-refractivity contribution in [2.75, 3.05) is 13.1 Å². The molecule has 1 aromatic heterocycles. The summed E-state index contributed by atoms with van der Waals surface area (Å²) >= 11 is 0. The first-order chi connectivity index (χ1) is 13.8. The van der Waals surface area contributed by atoms with E-state index in [9.17, 15) is 18.0 Å². The molecule has 154 valence electrons. The van der Waals surface area contributed by atoms with E-state index in [0.29, 0.717) is 13.0 Å². The Morgan fingerprint density at radius 3 is 2.59 bits per heavy atom. The molecule has 2 atom stereocenters. The first-order valence-corrected chi connectivity index (χ1v) is 9.99. The van der Waals surface area contributed by atoms with Crippen LogP contribution in [0.3, 0.4) is 0 Å². The number of nitrogens with one attached hydrogen (secondary N) is 1. The third-order valence-electron chi connectivity index (χ3n) is 6.28. The summed E-state index contributed by atoms with van der Waals surface area (Å²) in [6, 6.07) is 9.12. The van der Waals surface area contributed by atoms with E-state index in [2.05, 4.69) is 22.1 Å². The quantitative estimate of drug-likeness (QED) is 0.816. The molecular weight excluding hydrogens is 379 g/mol. The van der Waals surface area contributed by atoms with Crippen LogP contribution < -0.4 is 5.32 Å². The maximum Gasteiger partial charge on any atom is 0.416 e. The molecule has 1 N–H and O–H groups in total.